The number of aromatic nitrogens is 6. The van der Waals surface area contributed by atoms with Gasteiger partial charge in [0, 0.05) is 42.9 Å². The highest BCUT2D eigenvalue weighted by molar-refractivity contribution is 5.52. The van der Waals surface area contributed by atoms with Crippen molar-refractivity contribution in [1.82, 2.24) is 35.9 Å². The van der Waals surface area contributed by atoms with Crippen LogP contribution in [0, 0.1) is 5.92 Å². The second-order valence-electron chi connectivity index (χ2n) is 6.91. The Bertz CT molecular complexity index is 798. The van der Waals surface area contributed by atoms with Gasteiger partial charge >= 0.3 is 0 Å². The topological polar surface area (TPSA) is 92.3 Å². The summed E-state index contributed by atoms with van der Waals surface area (Å²) in [6.07, 6.45) is 13.8. The van der Waals surface area contributed by atoms with Gasteiger partial charge in [0.15, 0.2) is 0 Å². The summed E-state index contributed by atoms with van der Waals surface area (Å²) in [4.78, 5) is 8.59. The Labute approximate surface area is 152 Å². The molecule has 1 atom stereocenters. The first-order valence-electron chi connectivity index (χ1n) is 9.18. The molecule has 1 unspecified atom stereocenters. The van der Waals surface area contributed by atoms with Gasteiger partial charge < -0.3 is 5.32 Å². The van der Waals surface area contributed by atoms with Gasteiger partial charge in [-0.3, -0.25) is 9.97 Å². The number of nitrogens with zero attached hydrogens (tertiary/aromatic N) is 5. The molecule has 0 bridgehead atoms. The zero-order chi connectivity index (χ0) is 17.6. The number of hydrogen-bond acceptors (Lipinski definition) is 6. The Morgan fingerprint density at radius 3 is 2.77 bits per heavy atom. The van der Waals surface area contributed by atoms with Crippen LogP contribution in [0.25, 0.3) is 11.4 Å². The van der Waals surface area contributed by atoms with Gasteiger partial charge in [-0.2, -0.15) is 5.21 Å². The minimum atomic E-state index is 0.454. The first kappa shape index (κ1) is 16.8. The summed E-state index contributed by atoms with van der Waals surface area (Å²) < 4.78 is 0. The lowest BCUT2D eigenvalue weighted by molar-refractivity contribution is 0.354. The van der Waals surface area contributed by atoms with Crippen molar-refractivity contribution in [2.45, 2.75) is 44.7 Å². The van der Waals surface area contributed by atoms with Crippen LogP contribution in [0.15, 0.2) is 43.0 Å². The monoisotopic (exact) mass is 349 g/mol. The van der Waals surface area contributed by atoms with E-state index < -0.39 is 0 Å². The molecule has 0 aliphatic heterocycles. The number of hydrogen-bond donors (Lipinski definition) is 2. The van der Waals surface area contributed by atoms with Crippen molar-refractivity contribution in [1.29, 1.82) is 0 Å². The van der Waals surface area contributed by atoms with E-state index in [-0.39, 0.29) is 0 Å². The maximum atomic E-state index is 4.33. The first-order chi connectivity index (χ1) is 12.9. The van der Waals surface area contributed by atoms with Crippen molar-refractivity contribution >= 4 is 0 Å². The molecule has 7 heteroatoms. The molecule has 4 rings (SSSR count). The number of H-pyrrole nitrogens is 1. The lowest BCUT2D eigenvalue weighted by Gasteiger charge is -2.25. The number of nitrogens with one attached hydrogen (secondary N) is 2. The van der Waals surface area contributed by atoms with Crippen molar-refractivity contribution in [3.05, 3.63) is 54.1 Å². The normalized spacial score (nSPS) is 16.0. The molecule has 3 aromatic rings. The molecule has 1 aliphatic carbocycles. The minimum absolute atomic E-state index is 0.454. The van der Waals surface area contributed by atoms with Crippen LogP contribution in [-0.4, -0.2) is 36.6 Å². The standard InChI is InChI=1S/C19H23N7/c1-2-6-16(5-1)18(9-14-4-3-7-20-10-14)22-12-15-8-17(13-21-11-15)19-23-25-26-24-19/h3-4,7-8,10-11,13,16,18,22H,1-2,5-6,9,12H2,(H,23,24,25,26). The largest absolute Gasteiger partial charge is 0.309 e. The van der Waals surface area contributed by atoms with E-state index in [1.54, 1.807) is 6.20 Å². The van der Waals surface area contributed by atoms with E-state index in [4.69, 9.17) is 0 Å². The van der Waals surface area contributed by atoms with Crippen molar-refractivity contribution in [3.63, 3.8) is 0 Å². The summed E-state index contributed by atoms with van der Waals surface area (Å²) in [5, 5.41) is 17.9. The third-order valence-electron chi connectivity index (χ3n) is 5.11. The summed E-state index contributed by atoms with van der Waals surface area (Å²) in [6.45, 7) is 0.778. The van der Waals surface area contributed by atoms with Crippen LogP contribution in [0.2, 0.25) is 0 Å². The van der Waals surface area contributed by atoms with Gasteiger partial charge in [-0.05, 0) is 53.7 Å². The molecule has 0 aromatic carbocycles. The molecule has 7 nitrogen and oxygen atoms in total. The molecule has 26 heavy (non-hydrogen) atoms. The molecule has 0 spiro atoms. The predicted molar refractivity (Wildman–Crippen MR) is 97.9 cm³/mol. The van der Waals surface area contributed by atoms with Crippen LogP contribution >= 0.6 is 0 Å². The van der Waals surface area contributed by atoms with E-state index in [2.05, 4.69) is 48.0 Å². The van der Waals surface area contributed by atoms with Crippen molar-refractivity contribution in [3.8, 4) is 11.4 Å². The van der Waals surface area contributed by atoms with Crippen molar-refractivity contribution in [2.75, 3.05) is 0 Å². The fraction of sp³-hybridized carbons (Fsp3) is 0.421. The lowest BCUT2D eigenvalue weighted by Crippen LogP contribution is -2.36. The number of aromatic amines is 1. The summed E-state index contributed by atoms with van der Waals surface area (Å²) in [5.41, 5.74) is 3.29. The predicted octanol–water partition coefficient (Wildman–Crippen LogP) is 2.55. The highest BCUT2D eigenvalue weighted by Crippen LogP contribution is 2.29. The van der Waals surface area contributed by atoms with Gasteiger partial charge in [0.25, 0.3) is 0 Å². The van der Waals surface area contributed by atoms with Crippen LogP contribution in [-0.2, 0) is 13.0 Å². The molecule has 0 saturated heterocycles. The van der Waals surface area contributed by atoms with Gasteiger partial charge in [-0.1, -0.05) is 18.9 Å². The molecule has 134 valence electrons. The van der Waals surface area contributed by atoms with Crippen molar-refractivity contribution in [2.24, 2.45) is 5.92 Å². The van der Waals surface area contributed by atoms with Crippen LogP contribution < -0.4 is 5.32 Å². The molecule has 1 aliphatic rings. The van der Waals surface area contributed by atoms with E-state index in [1.165, 1.54) is 31.2 Å². The van der Waals surface area contributed by atoms with E-state index >= 15 is 0 Å². The van der Waals surface area contributed by atoms with E-state index in [9.17, 15) is 0 Å². The fourth-order valence-electron chi connectivity index (χ4n) is 3.78. The van der Waals surface area contributed by atoms with Crippen LogP contribution in [0.3, 0.4) is 0 Å². The number of rotatable bonds is 7. The van der Waals surface area contributed by atoms with Gasteiger partial charge in [0.05, 0.1) is 0 Å². The zero-order valence-corrected chi connectivity index (χ0v) is 14.7. The third-order valence-corrected chi connectivity index (χ3v) is 5.11. The summed E-state index contributed by atoms with van der Waals surface area (Å²) in [5.74, 6) is 1.30. The van der Waals surface area contributed by atoms with Gasteiger partial charge in [-0.15, -0.1) is 10.2 Å². The van der Waals surface area contributed by atoms with Crippen LogP contribution in [0.5, 0.6) is 0 Å². The Morgan fingerprint density at radius 2 is 2.00 bits per heavy atom. The molecule has 2 N–H and O–H groups in total. The Hall–Kier alpha value is -2.67. The Kier molecular flexibility index (Phi) is 5.25. The van der Waals surface area contributed by atoms with Gasteiger partial charge in [0.2, 0.25) is 5.82 Å². The Morgan fingerprint density at radius 1 is 1.12 bits per heavy atom. The minimum Gasteiger partial charge on any atom is -0.309 e. The molecule has 3 aromatic heterocycles. The average molecular weight is 349 g/mol. The van der Waals surface area contributed by atoms with Crippen molar-refractivity contribution < 1.29 is 0 Å². The van der Waals surface area contributed by atoms with E-state index in [0.29, 0.717) is 11.9 Å². The maximum Gasteiger partial charge on any atom is 0.206 e. The smallest absolute Gasteiger partial charge is 0.206 e. The SMILES string of the molecule is c1cncc(CC(NCc2cncc(-c3nn[nH]n3)c2)C2CCCC2)c1. The molecular formula is C19H23N7. The van der Waals surface area contributed by atoms with Gasteiger partial charge in [-0.25, -0.2) is 0 Å². The maximum absolute atomic E-state index is 4.33. The summed E-state index contributed by atoms with van der Waals surface area (Å²) in [7, 11) is 0. The lowest BCUT2D eigenvalue weighted by atomic mass is 9.92. The van der Waals surface area contributed by atoms with Gasteiger partial charge in [0.1, 0.15) is 0 Å². The quantitative estimate of drug-likeness (QED) is 0.681. The highest BCUT2D eigenvalue weighted by atomic mass is 15.5. The second kappa shape index (κ2) is 8.14. The van der Waals surface area contributed by atoms with E-state index in [1.807, 2.05) is 24.7 Å². The molecule has 1 fully saturated rings. The summed E-state index contributed by atoms with van der Waals surface area (Å²) >= 11 is 0. The number of pyridine rings is 2. The molecule has 1 saturated carbocycles. The molecular weight excluding hydrogens is 326 g/mol. The number of tetrazole rings is 1. The third kappa shape index (κ3) is 4.11. The Balaban J connectivity index is 1.45. The fourth-order valence-corrected chi connectivity index (χ4v) is 3.78. The second-order valence-corrected chi connectivity index (χ2v) is 6.91. The van der Waals surface area contributed by atoms with E-state index in [0.717, 1.165) is 30.0 Å². The van der Waals surface area contributed by atoms with Crippen LogP contribution in [0.1, 0.15) is 36.8 Å². The van der Waals surface area contributed by atoms with Crippen LogP contribution in [0.4, 0.5) is 0 Å². The zero-order valence-electron chi connectivity index (χ0n) is 14.7. The summed E-state index contributed by atoms with van der Waals surface area (Å²) in [6, 6.07) is 6.70. The molecule has 3 heterocycles. The average Bonchev–Trinajstić information content (AvgIpc) is 3.40. The highest BCUT2D eigenvalue weighted by Gasteiger charge is 2.25. The molecule has 0 radical (unpaired) electrons. The first-order valence-corrected chi connectivity index (χ1v) is 9.18. The molecule has 0 amide bonds.